The lowest BCUT2D eigenvalue weighted by Gasteiger charge is -2.28. The van der Waals surface area contributed by atoms with Crippen molar-refractivity contribution in [2.75, 3.05) is 0 Å². The second-order valence-electron chi connectivity index (χ2n) is 5.77. The standard InChI is InChI=1S/C19H16ClFN2O3/c1-11-15(18(24)26-10-12-6-3-2-4-7-12)17(23-19(25)22-11)16-13(20)8-5-9-14(16)21/h2-9,17H,10H2,1H3,(H2,22,23,25)/t17-/m0/s1. The molecule has 2 N–H and O–H groups in total. The van der Waals surface area contributed by atoms with Crippen molar-refractivity contribution in [3.63, 3.8) is 0 Å². The van der Waals surface area contributed by atoms with Crippen LogP contribution in [0.3, 0.4) is 0 Å². The highest BCUT2D eigenvalue weighted by Gasteiger charge is 2.35. The Hall–Kier alpha value is -2.86. The van der Waals surface area contributed by atoms with Crippen LogP contribution in [0.5, 0.6) is 0 Å². The van der Waals surface area contributed by atoms with Crippen molar-refractivity contribution in [1.29, 1.82) is 0 Å². The molecule has 0 radical (unpaired) electrons. The monoisotopic (exact) mass is 374 g/mol. The second kappa shape index (κ2) is 7.58. The minimum Gasteiger partial charge on any atom is -0.457 e. The van der Waals surface area contributed by atoms with Gasteiger partial charge in [0.1, 0.15) is 12.4 Å². The fraction of sp³-hybridized carbons (Fsp3) is 0.158. The second-order valence-corrected chi connectivity index (χ2v) is 6.17. The summed E-state index contributed by atoms with van der Waals surface area (Å²) in [4.78, 5) is 24.5. The molecule has 1 aliphatic heterocycles. The maximum Gasteiger partial charge on any atom is 0.338 e. The average molecular weight is 375 g/mol. The first-order chi connectivity index (χ1) is 12.5. The van der Waals surface area contributed by atoms with E-state index >= 15 is 0 Å². The summed E-state index contributed by atoms with van der Waals surface area (Å²) in [5.41, 5.74) is 1.23. The van der Waals surface area contributed by atoms with E-state index in [4.69, 9.17) is 16.3 Å². The van der Waals surface area contributed by atoms with Gasteiger partial charge in [-0.2, -0.15) is 0 Å². The van der Waals surface area contributed by atoms with E-state index in [2.05, 4.69) is 10.6 Å². The number of hydrogen-bond acceptors (Lipinski definition) is 3. The number of benzene rings is 2. The summed E-state index contributed by atoms with van der Waals surface area (Å²) < 4.78 is 19.7. The van der Waals surface area contributed by atoms with E-state index in [9.17, 15) is 14.0 Å². The number of allylic oxidation sites excluding steroid dienone is 1. The van der Waals surface area contributed by atoms with E-state index < -0.39 is 23.9 Å². The normalized spacial score (nSPS) is 16.7. The van der Waals surface area contributed by atoms with E-state index in [1.807, 2.05) is 30.3 Å². The Kier molecular flexibility index (Phi) is 5.23. The van der Waals surface area contributed by atoms with E-state index in [1.165, 1.54) is 18.2 Å². The molecule has 26 heavy (non-hydrogen) atoms. The summed E-state index contributed by atoms with van der Waals surface area (Å²) in [6.45, 7) is 1.61. The molecule has 2 aromatic carbocycles. The molecule has 134 valence electrons. The van der Waals surface area contributed by atoms with Gasteiger partial charge in [0.2, 0.25) is 0 Å². The molecule has 1 aliphatic rings. The van der Waals surface area contributed by atoms with Crippen molar-refractivity contribution >= 4 is 23.6 Å². The van der Waals surface area contributed by atoms with Crippen LogP contribution in [0.2, 0.25) is 5.02 Å². The van der Waals surface area contributed by atoms with Gasteiger partial charge in [0.25, 0.3) is 0 Å². The molecule has 0 spiro atoms. The number of rotatable bonds is 4. The minimum atomic E-state index is -1.04. The molecule has 0 saturated heterocycles. The highest BCUT2D eigenvalue weighted by molar-refractivity contribution is 6.31. The highest BCUT2D eigenvalue weighted by atomic mass is 35.5. The summed E-state index contributed by atoms with van der Waals surface area (Å²) in [7, 11) is 0. The maximum atomic E-state index is 14.3. The van der Waals surface area contributed by atoms with Crippen LogP contribution in [0.15, 0.2) is 59.8 Å². The quantitative estimate of drug-likeness (QED) is 0.799. The van der Waals surface area contributed by atoms with Gasteiger partial charge in [-0.05, 0) is 24.6 Å². The molecule has 0 aromatic heterocycles. The van der Waals surface area contributed by atoms with Crippen molar-refractivity contribution in [3.05, 3.63) is 81.8 Å². The van der Waals surface area contributed by atoms with E-state index in [-0.39, 0.29) is 28.5 Å². The average Bonchev–Trinajstić information content (AvgIpc) is 2.60. The molecule has 3 rings (SSSR count). The maximum absolute atomic E-state index is 14.3. The predicted octanol–water partition coefficient (Wildman–Crippen LogP) is 3.85. The van der Waals surface area contributed by atoms with E-state index in [1.54, 1.807) is 6.92 Å². The van der Waals surface area contributed by atoms with Crippen LogP contribution in [0, 0.1) is 5.82 Å². The Balaban J connectivity index is 1.92. The first kappa shape index (κ1) is 17.9. The fourth-order valence-corrected chi connectivity index (χ4v) is 3.04. The third kappa shape index (κ3) is 3.70. The molecule has 7 heteroatoms. The number of hydrogen-bond donors (Lipinski definition) is 2. The molecule has 0 aliphatic carbocycles. The fourth-order valence-electron chi connectivity index (χ4n) is 2.77. The van der Waals surface area contributed by atoms with Crippen molar-refractivity contribution in [2.24, 2.45) is 0 Å². The molecular formula is C19H16ClFN2O3. The molecule has 1 atom stereocenters. The van der Waals surface area contributed by atoms with Gasteiger partial charge in [-0.15, -0.1) is 0 Å². The number of nitrogens with one attached hydrogen (secondary N) is 2. The van der Waals surface area contributed by atoms with Crippen LogP contribution in [0.1, 0.15) is 24.1 Å². The SMILES string of the molecule is CC1=C(C(=O)OCc2ccccc2)[C@@H](c2c(F)cccc2Cl)NC(=O)N1. The lowest BCUT2D eigenvalue weighted by atomic mass is 9.95. The van der Waals surface area contributed by atoms with Gasteiger partial charge < -0.3 is 15.4 Å². The summed E-state index contributed by atoms with van der Waals surface area (Å²) in [6.07, 6.45) is 0. The molecule has 0 bridgehead atoms. The summed E-state index contributed by atoms with van der Waals surface area (Å²) in [5.74, 6) is -1.28. The molecular weight excluding hydrogens is 359 g/mol. The number of urea groups is 1. The van der Waals surface area contributed by atoms with Gasteiger partial charge in [-0.1, -0.05) is 48.0 Å². The number of carbonyl (C=O) groups is 2. The van der Waals surface area contributed by atoms with Gasteiger partial charge >= 0.3 is 12.0 Å². The molecule has 2 amide bonds. The first-order valence-electron chi connectivity index (χ1n) is 7.90. The Labute approximate surface area is 154 Å². The zero-order valence-corrected chi connectivity index (χ0v) is 14.6. The van der Waals surface area contributed by atoms with Crippen LogP contribution >= 0.6 is 11.6 Å². The lowest BCUT2D eigenvalue weighted by molar-refractivity contribution is -0.140. The van der Waals surface area contributed by atoms with Crippen molar-refractivity contribution in [1.82, 2.24) is 10.6 Å². The van der Waals surface area contributed by atoms with Crippen LogP contribution in [0.25, 0.3) is 0 Å². The van der Waals surface area contributed by atoms with E-state index in [0.29, 0.717) is 0 Å². The first-order valence-corrected chi connectivity index (χ1v) is 8.28. The Bertz CT molecular complexity index is 863. The van der Waals surface area contributed by atoms with Gasteiger partial charge in [0.05, 0.1) is 11.6 Å². The third-order valence-electron chi connectivity index (χ3n) is 3.99. The summed E-state index contributed by atoms with van der Waals surface area (Å²) in [5, 5.41) is 5.16. The van der Waals surface area contributed by atoms with Gasteiger partial charge in [0, 0.05) is 16.3 Å². The minimum absolute atomic E-state index is 0.0232. The third-order valence-corrected chi connectivity index (χ3v) is 4.32. The van der Waals surface area contributed by atoms with Crippen molar-refractivity contribution in [3.8, 4) is 0 Å². The molecule has 0 unspecified atom stereocenters. The van der Waals surface area contributed by atoms with Gasteiger partial charge in [-0.3, -0.25) is 0 Å². The Morgan fingerprint density at radius 3 is 2.62 bits per heavy atom. The highest BCUT2D eigenvalue weighted by Crippen LogP contribution is 2.34. The molecule has 2 aromatic rings. The molecule has 5 nitrogen and oxygen atoms in total. The summed E-state index contributed by atoms with van der Waals surface area (Å²) in [6, 6.07) is 11.7. The number of carbonyl (C=O) groups excluding carboxylic acids is 2. The number of amides is 2. The van der Waals surface area contributed by atoms with E-state index in [0.717, 1.165) is 5.56 Å². The number of esters is 1. The topological polar surface area (TPSA) is 67.4 Å². The van der Waals surface area contributed by atoms with Gasteiger partial charge in [-0.25, -0.2) is 14.0 Å². The van der Waals surface area contributed by atoms with Crippen LogP contribution in [-0.2, 0) is 16.1 Å². The predicted molar refractivity (Wildman–Crippen MR) is 94.8 cm³/mol. The molecule has 0 fully saturated rings. The Morgan fingerprint density at radius 1 is 1.19 bits per heavy atom. The van der Waals surface area contributed by atoms with Crippen LogP contribution < -0.4 is 10.6 Å². The number of halogens is 2. The van der Waals surface area contributed by atoms with Crippen LogP contribution in [0.4, 0.5) is 9.18 Å². The van der Waals surface area contributed by atoms with Crippen molar-refractivity contribution < 1.29 is 18.7 Å². The van der Waals surface area contributed by atoms with Gasteiger partial charge in [0.15, 0.2) is 0 Å². The molecule has 1 heterocycles. The zero-order chi connectivity index (χ0) is 18.7. The lowest BCUT2D eigenvalue weighted by Crippen LogP contribution is -2.45. The summed E-state index contributed by atoms with van der Waals surface area (Å²) >= 11 is 6.11. The zero-order valence-electron chi connectivity index (χ0n) is 13.9. The Morgan fingerprint density at radius 2 is 1.92 bits per heavy atom. The van der Waals surface area contributed by atoms with Crippen LogP contribution in [-0.4, -0.2) is 12.0 Å². The molecule has 0 saturated carbocycles. The smallest absolute Gasteiger partial charge is 0.338 e. The largest absolute Gasteiger partial charge is 0.457 e. The number of ether oxygens (including phenoxy) is 1. The van der Waals surface area contributed by atoms with Crippen molar-refractivity contribution in [2.45, 2.75) is 19.6 Å².